The summed E-state index contributed by atoms with van der Waals surface area (Å²) in [4.78, 5) is 13.3. The smallest absolute Gasteiger partial charge is 0.243 e. The maximum Gasteiger partial charge on any atom is 0.243 e. The molecule has 2 N–H and O–H groups in total. The summed E-state index contributed by atoms with van der Waals surface area (Å²) in [5, 5.41) is 6.60. The summed E-state index contributed by atoms with van der Waals surface area (Å²) in [6, 6.07) is 11.4. The van der Waals surface area contributed by atoms with Crippen molar-refractivity contribution in [2.45, 2.75) is 11.8 Å². The Morgan fingerprint density at radius 3 is 2.70 bits per heavy atom. The predicted octanol–water partition coefficient (Wildman–Crippen LogP) is 4.43. The number of anilines is 2. The molecule has 0 aliphatic carbocycles. The van der Waals surface area contributed by atoms with Crippen molar-refractivity contribution >= 4 is 40.6 Å². The molecular weight excluding hydrogens is 332 g/mol. The zero-order chi connectivity index (χ0) is 16.8. The van der Waals surface area contributed by atoms with Crippen molar-refractivity contribution in [3.63, 3.8) is 0 Å². The van der Waals surface area contributed by atoms with Crippen LogP contribution in [0.2, 0.25) is 5.02 Å². The van der Waals surface area contributed by atoms with Gasteiger partial charge in [0, 0.05) is 21.7 Å². The highest BCUT2D eigenvalue weighted by Gasteiger charge is 2.11. The van der Waals surface area contributed by atoms with Crippen LogP contribution >= 0.6 is 23.4 Å². The second-order valence-electron chi connectivity index (χ2n) is 4.90. The molecule has 2 aromatic carbocycles. The molecule has 0 unspecified atom stereocenters. The Balaban J connectivity index is 2.04. The minimum atomic E-state index is -0.152. The highest BCUT2D eigenvalue weighted by molar-refractivity contribution is 7.98. The Labute approximate surface area is 145 Å². The van der Waals surface area contributed by atoms with E-state index >= 15 is 0 Å². The largest absolute Gasteiger partial charge is 0.495 e. The molecule has 0 aliphatic heterocycles. The molecule has 2 rings (SSSR count). The van der Waals surface area contributed by atoms with E-state index in [4.69, 9.17) is 16.3 Å². The van der Waals surface area contributed by atoms with Crippen LogP contribution in [0.25, 0.3) is 0 Å². The first-order valence-corrected chi connectivity index (χ1v) is 8.66. The molecule has 0 aromatic heterocycles. The van der Waals surface area contributed by atoms with Crippen LogP contribution in [0.15, 0.2) is 41.3 Å². The molecule has 0 saturated heterocycles. The number of thioether (sulfide) groups is 1. The third-order valence-corrected chi connectivity index (χ3v) is 4.50. The molecule has 0 radical (unpaired) electrons. The average Bonchev–Trinajstić information content (AvgIpc) is 2.56. The van der Waals surface area contributed by atoms with E-state index in [-0.39, 0.29) is 12.5 Å². The molecule has 0 spiro atoms. The fourth-order valence-electron chi connectivity index (χ4n) is 2.09. The van der Waals surface area contributed by atoms with Gasteiger partial charge in [-0.2, -0.15) is 0 Å². The normalized spacial score (nSPS) is 10.3. The van der Waals surface area contributed by atoms with Gasteiger partial charge >= 0.3 is 0 Å². The van der Waals surface area contributed by atoms with Crippen LogP contribution in [-0.2, 0) is 4.79 Å². The minimum Gasteiger partial charge on any atom is -0.495 e. The van der Waals surface area contributed by atoms with Crippen LogP contribution in [0.4, 0.5) is 11.4 Å². The number of aryl methyl sites for hydroxylation is 1. The summed E-state index contributed by atoms with van der Waals surface area (Å²) in [6.07, 6.45) is 2.00. The number of carbonyl (C=O) groups excluding carboxylic acids is 1. The van der Waals surface area contributed by atoms with E-state index in [1.54, 1.807) is 31.0 Å². The number of amides is 1. The van der Waals surface area contributed by atoms with Crippen LogP contribution in [0, 0.1) is 6.92 Å². The standard InChI is InChI=1S/C17H19ClN2O2S/c1-11-8-14(15(22-2)9-12(11)18)20-17(21)10-19-13-6-4-5-7-16(13)23-3/h4-9,19H,10H2,1-3H3,(H,20,21). The molecule has 23 heavy (non-hydrogen) atoms. The molecular formula is C17H19ClN2O2S. The number of carbonyl (C=O) groups is 1. The number of halogens is 1. The van der Waals surface area contributed by atoms with Gasteiger partial charge in [0.15, 0.2) is 0 Å². The van der Waals surface area contributed by atoms with Crippen molar-refractivity contribution in [2.75, 3.05) is 30.5 Å². The molecule has 2 aromatic rings. The first kappa shape index (κ1) is 17.5. The van der Waals surface area contributed by atoms with Crippen LogP contribution in [-0.4, -0.2) is 25.8 Å². The van der Waals surface area contributed by atoms with Gasteiger partial charge in [-0.15, -0.1) is 11.8 Å². The minimum absolute atomic E-state index is 0.152. The van der Waals surface area contributed by atoms with E-state index in [2.05, 4.69) is 10.6 Å². The lowest BCUT2D eigenvalue weighted by atomic mass is 10.2. The number of rotatable bonds is 6. The molecule has 122 valence electrons. The Kier molecular flexibility index (Phi) is 6.19. The van der Waals surface area contributed by atoms with Gasteiger partial charge < -0.3 is 15.4 Å². The maximum atomic E-state index is 12.2. The topological polar surface area (TPSA) is 50.4 Å². The summed E-state index contributed by atoms with van der Waals surface area (Å²) < 4.78 is 5.26. The van der Waals surface area contributed by atoms with E-state index in [9.17, 15) is 4.79 Å². The van der Waals surface area contributed by atoms with E-state index in [0.29, 0.717) is 16.5 Å². The summed E-state index contributed by atoms with van der Waals surface area (Å²) in [5.74, 6) is 0.388. The Morgan fingerprint density at radius 1 is 1.26 bits per heavy atom. The van der Waals surface area contributed by atoms with Crippen LogP contribution in [0.1, 0.15) is 5.56 Å². The molecule has 0 heterocycles. The lowest BCUT2D eigenvalue weighted by molar-refractivity contribution is -0.114. The highest BCUT2D eigenvalue weighted by atomic mass is 35.5. The number of ether oxygens (including phenoxy) is 1. The number of hydrogen-bond donors (Lipinski definition) is 2. The zero-order valence-electron chi connectivity index (χ0n) is 13.3. The SMILES string of the molecule is COc1cc(Cl)c(C)cc1NC(=O)CNc1ccccc1SC. The van der Waals surface area contributed by atoms with Gasteiger partial charge in [0.1, 0.15) is 5.75 Å². The number of hydrogen-bond acceptors (Lipinski definition) is 4. The van der Waals surface area contributed by atoms with Gasteiger partial charge in [-0.25, -0.2) is 0 Å². The maximum absolute atomic E-state index is 12.2. The summed E-state index contributed by atoms with van der Waals surface area (Å²) >= 11 is 7.70. The Bertz CT molecular complexity index is 707. The first-order valence-electron chi connectivity index (χ1n) is 7.06. The third kappa shape index (κ3) is 4.56. The average molecular weight is 351 g/mol. The summed E-state index contributed by atoms with van der Waals surface area (Å²) in [6.45, 7) is 2.05. The molecule has 0 saturated carbocycles. The second kappa shape index (κ2) is 8.13. The van der Waals surface area contributed by atoms with E-state index in [1.165, 1.54) is 0 Å². The quantitative estimate of drug-likeness (QED) is 0.757. The van der Waals surface area contributed by atoms with Gasteiger partial charge in [0.05, 0.1) is 19.3 Å². The number of para-hydroxylation sites is 1. The number of methoxy groups -OCH3 is 1. The zero-order valence-corrected chi connectivity index (χ0v) is 14.8. The second-order valence-corrected chi connectivity index (χ2v) is 6.16. The Hall–Kier alpha value is -1.85. The van der Waals surface area contributed by atoms with Crippen LogP contribution in [0.5, 0.6) is 5.75 Å². The van der Waals surface area contributed by atoms with Crippen LogP contribution in [0.3, 0.4) is 0 Å². The van der Waals surface area contributed by atoms with E-state index in [0.717, 1.165) is 16.1 Å². The van der Waals surface area contributed by atoms with Crippen LogP contribution < -0.4 is 15.4 Å². The molecule has 0 fully saturated rings. The predicted molar refractivity (Wildman–Crippen MR) is 98.1 cm³/mol. The van der Waals surface area contributed by atoms with Gasteiger partial charge in [-0.05, 0) is 36.9 Å². The number of benzene rings is 2. The molecule has 0 bridgehead atoms. The van der Waals surface area contributed by atoms with Crippen molar-refractivity contribution in [1.29, 1.82) is 0 Å². The fourth-order valence-corrected chi connectivity index (χ4v) is 2.82. The molecule has 6 heteroatoms. The first-order chi connectivity index (χ1) is 11.0. The summed E-state index contributed by atoms with van der Waals surface area (Å²) in [7, 11) is 1.55. The highest BCUT2D eigenvalue weighted by Crippen LogP contribution is 2.31. The third-order valence-electron chi connectivity index (χ3n) is 3.30. The monoisotopic (exact) mass is 350 g/mol. The van der Waals surface area contributed by atoms with Crippen molar-refractivity contribution in [1.82, 2.24) is 0 Å². The molecule has 0 atom stereocenters. The van der Waals surface area contributed by atoms with Gasteiger partial charge in [-0.3, -0.25) is 4.79 Å². The van der Waals surface area contributed by atoms with Gasteiger partial charge in [-0.1, -0.05) is 23.7 Å². The Morgan fingerprint density at radius 2 is 2.00 bits per heavy atom. The lowest BCUT2D eigenvalue weighted by Gasteiger charge is -2.14. The van der Waals surface area contributed by atoms with Gasteiger partial charge in [0.25, 0.3) is 0 Å². The van der Waals surface area contributed by atoms with E-state index in [1.807, 2.05) is 37.4 Å². The van der Waals surface area contributed by atoms with Crippen molar-refractivity contribution in [3.05, 3.63) is 47.0 Å². The molecule has 0 aliphatic rings. The van der Waals surface area contributed by atoms with E-state index < -0.39 is 0 Å². The van der Waals surface area contributed by atoms with Crippen molar-refractivity contribution < 1.29 is 9.53 Å². The summed E-state index contributed by atoms with van der Waals surface area (Å²) in [5.41, 5.74) is 2.43. The van der Waals surface area contributed by atoms with Gasteiger partial charge in [0.2, 0.25) is 5.91 Å². The number of nitrogens with one attached hydrogen (secondary N) is 2. The molecule has 4 nitrogen and oxygen atoms in total. The van der Waals surface area contributed by atoms with Crippen molar-refractivity contribution in [2.24, 2.45) is 0 Å². The van der Waals surface area contributed by atoms with Crippen molar-refractivity contribution in [3.8, 4) is 5.75 Å². The lowest BCUT2D eigenvalue weighted by Crippen LogP contribution is -2.22. The fraction of sp³-hybridized carbons (Fsp3) is 0.235. The molecule has 1 amide bonds.